The van der Waals surface area contributed by atoms with Crippen molar-refractivity contribution < 1.29 is 0 Å². The highest BCUT2D eigenvalue weighted by molar-refractivity contribution is 9.10. The van der Waals surface area contributed by atoms with Gasteiger partial charge in [0.25, 0.3) is 0 Å². The van der Waals surface area contributed by atoms with Gasteiger partial charge in [-0.05, 0) is 52.9 Å². The van der Waals surface area contributed by atoms with Crippen molar-refractivity contribution in [3.05, 3.63) is 23.1 Å². The third-order valence-corrected chi connectivity index (χ3v) is 5.59. The zero-order chi connectivity index (χ0) is 13.7. The molecule has 0 N–H and O–H groups in total. The van der Waals surface area contributed by atoms with E-state index in [0.29, 0.717) is 5.41 Å². The lowest BCUT2D eigenvalue weighted by molar-refractivity contribution is 0.0378. The van der Waals surface area contributed by atoms with Crippen molar-refractivity contribution >= 4 is 27.5 Å². The van der Waals surface area contributed by atoms with E-state index in [0.717, 1.165) is 35.1 Å². The molecule has 1 spiro atoms. The Bertz CT molecular complexity index is 634. The van der Waals surface area contributed by atoms with Gasteiger partial charge in [-0.25, -0.2) is 9.97 Å². The maximum Gasteiger partial charge on any atom is 0.211 e. The van der Waals surface area contributed by atoms with Gasteiger partial charge in [-0.15, -0.1) is 0 Å². The molecular weight excluding hydrogens is 316 g/mol. The predicted molar refractivity (Wildman–Crippen MR) is 83.0 cm³/mol. The van der Waals surface area contributed by atoms with E-state index >= 15 is 0 Å². The lowest BCUT2D eigenvalue weighted by Crippen LogP contribution is -2.47. The molecule has 2 aromatic heterocycles. The summed E-state index contributed by atoms with van der Waals surface area (Å²) in [5.74, 6) is 1.97. The number of rotatable bonds is 1. The normalized spacial score (nSPS) is 22.4. The molecule has 0 aromatic carbocycles. The molecule has 2 aromatic rings. The third kappa shape index (κ3) is 1.86. The summed E-state index contributed by atoms with van der Waals surface area (Å²) in [5.41, 5.74) is 1.60. The number of imidazole rings is 1. The Labute approximate surface area is 127 Å². The number of halogens is 1. The molecule has 106 valence electrons. The minimum absolute atomic E-state index is 0.652. The van der Waals surface area contributed by atoms with Crippen LogP contribution in [-0.2, 0) is 0 Å². The Morgan fingerprint density at radius 1 is 1.25 bits per heavy atom. The Morgan fingerprint density at radius 2 is 2.00 bits per heavy atom. The van der Waals surface area contributed by atoms with Gasteiger partial charge in [-0.3, -0.25) is 4.40 Å². The summed E-state index contributed by atoms with van der Waals surface area (Å²) in [6.45, 7) is 4.62. The summed E-state index contributed by atoms with van der Waals surface area (Å²) in [6.07, 6.45) is 11.2. The van der Waals surface area contributed by atoms with E-state index in [9.17, 15) is 0 Å². The molecule has 0 radical (unpaired) electrons. The van der Waals surface area contributed by atoms with Crippen LogP contribution in [0.4, 0.5) is 5.95 Å². The molecule has 0 unspecified atom stereocenters. The Hall–Kier alpha value is -1.10. The molecule has 0 bridgehead atoms. The van der Waals surface area contributed by atoms with E-state index < -0.39 is 0 Å². The van der Waals surface area contributed by atoms with Crippen molar-refractivity contribution in [2.75, 3.05) is 18.0 Å². The van der Waals surface area contributed by atoms with Gasteiger partial charge in [-0.1, -0.05) is 6.92 Å². The summed E-state index contributed by atoms with van der Waals surface area (Å²) in [5, 5.41) is 0. The van der Waals surface area contributed by atoms with Crippen LogP contribution in [-0.4, -0.2) is 27.5 Å². The fraction of sp³-hybridized carbons (Fsp3) is 0.600. The van der Waals surface area contributed by atoms with E-state index in [1.807, 2.05) is 18.6 Å². The van der Waals surface area contributed by atoms with Crippen molar-refractivity contribution in [2.24, 2.45) is 11.3 Å². The highest BCUT2D eigenvalue weighted by Gasteiger charge is 2.44. The van der Waals surface area contributed by atoms with E-state index in [1.54, 1.807) is 0 Å². The first-order valence-corrected chi connectivity index (χ1v) is 8.19. The summed E-state index contributed by atoms with van der Waals surface area (Å²) in [6, 6.07) is 0. The van der Waals surface area contributed by atoms with Crippen LogP contribution < -0.4 is 4.90 Å². The standard InChI is InChI=1S/C15H19BrN4/c1-11-8-15(9-11)2-5-19(6-3-15)14-18-10-12(16)13-17-4-7-20(13)14/h4,7,10-11H,2-3,5-6,8-9H2,1H3. The average molecular weight is 335 g/mol. The largest absolute Gasteiger partial charge is 0.342 e. The van der Waals surface area contributed by atoms with Crippen LogP contribution in [0.1, 0.15) is 32.6 Å². The first-order chi connectivity index (χ1) is 9.67. The van der Waals surface area contributed by atoms with Crippen LogP contribution in [0, 0.1) is 11.3 Å². The first-order valence-electron chi connectivity index (χ1n) is 7.39. The summed E-state index contributed by atoms with van der Waals surface area (Å²) in [4.78, 5) is 11.4. The molecule has 1 aliphatic heterocycles. The number of hydrogen-bond acceptors (Lipinski definition) is 3. The SMILES string of the molecule is CC1CC2(CCN(c3ncc(Br)c4nccn34)CC2)C1. The Balaban J connectivity index is 1.59. The second-order valence-corrected chi connectivity index (χ2v) is 7.38. The van der Waals surface area contributed by atoms with Crippen LogP contribution in [0.3, 0.4) is 0 Å². The molecule has 3 heterocycles. The zero-order valence-corrected chi connectivity index (χ0v) is 13.3. The van der Waals surface area contributed by atoms with E-state index in [1.165, 1.54) is 25.7 Å². The van der Waals surface area contributed by atoms with Crippen molar-refractivity contribution in [1.82, 2.24) is 14.4 Å². The summed E-state index contributed by atoms with van der Waals surface area (Å²) >= 11 is 3.51. The molecule has 0 amide bonds. The molecule has 4 nitrogen and oxygen atoms in total. The summed E-state index contributed by atoms with van der Waals surface area (Å²) in [7, 11) is 0. The third-order valence-electron chi connectivity index (χ3n) is 5.03. The van der Waals surface area contributed by atoms with Crippen LogP contribution in [0.5, 0.6) is 0 Å². The van der Waals surface area contributed by atoms with Gasteiger partial charge in [-0.2, -0.15) is 0 Å². The van der Waals surface area contributed by atoms with Gasteiger partial charge in [0.15, 0.2) is 5.65 Å². The van der Waals surface area contributed by atoms with Crippen LogP contribution in [0.2, 0.25) is 0 Å². The minimum atomic E-state index is 0.652. The lowest BCUT2D eigenvalue weighted by Gasteiger charge is -2.51. The average Bonchev–Trinajstić information content (AvgIpc) is 2.89. The maximum atomic E-state index is 4.61. The maximum absolute atomic E-state index is 4.61. The molecule has 1 aliphatic carbocycles. The van der Waals surface area contributed by atoms with E-state index in [2.05, 4.69) is 42.1 Å². The fourth-order valence-electron chi connectivity index (χ4n) is 4.12. The predicted octanol–water partition coefficient (Wildman–Crippen LogP) is 3.51. The van der Waals surface area contributed by atoms with Crippen molar-refractivity contribution in [2.45, 2.75) is 32.6 Å². The second-order valence-electron chi connectivity index (χ2n) is 6.53. The molecule has 2 aliphatic rings. The van der Waals surface area contributed by atoms with Gasteiger partial charge < -0.3 is 4.90 Å². The molecule has 4 rings (SSSR count). The Kier molecular flexibility index (Phi) is 2.81. The smallest absolute Gasteiger partial charge is 0.211 e. The Morgan fingerprint density at radius 3 is 2.70 bits per heavy atom. The van der Waals surface area contributed by atoms with Gasteiger partial charge in [0.2, 0.25) is 5.95 Å². The lowest BCUT2D eigenvalue weighted by atomic mass is 9.58. The van der Waals surface area contributed by atoms with E-state index in [4.69, 9.17) is 0 Å². The van der Waals surface area contributed by atoms with E-state index in [-0.39, 0.29) is 0 Å². The number of anilines is 1. The molecule has 1 saturated carbocycles. The molecule has 1 saturated heterocycles. The van der Waals surface area contributed by atoms with Crippen LogP contribution in [0.25, 0.3) is 5.65 Å². The van der Waals surface area contributed by atoms with Crippen molar-refractivity contribution in [3.8, 4) is 0 Å². The van der Waals surface area contributed by atoms with Gasteiger partial charge in [0.1, 0.15) is 0 Å². The minimum Gasteiger partial charge on any atom is -0.342 e. The molecular formula is C15H19BrN4. The highest BCUT2D eigenvalue weighted by atomic mass is 79.9. The van der Waals surface area contributed by atoms with Gasteiger partial charge in [0.05, 0.1) is 4.47 Å². The van der Waals surface area contributed by atoms with Crippen LogP contribution in [0.15, 0.2) is 23.1 Å². The summed E-state index contributed by atoms with van der Waals surface area (Å²) < 4.78 is 3.04. The monoisotopic (exact) mass is 334 g/mol. The second kappa shape index (κ2) is 4.45. The fourth-order valence-corrected chi connectivity index (χ4v) is 4.51. The first kappa shape index (κ1) is 12.6. The number of aromatic nitrogens is 3. The van der Waals surface area contributed by atoms with Crippen molar-refractivity contribution in [3.63, 3.8) is 0 Å². The van der Waals surface area contributed by atoms with Crippen LogP contribution >= 0.6 is 15.9 Å². The molecule has 0 atom stereocenters. The van der Waals surface area contributed by atoms with Gasteiger partial charge in [0, 0.05) is 31.7 Å². The quantitative estimate of drug-likeness (QED) is 0.800. The number of hydrogen-bond donors (Lipinski definition) is 0. The molecule has 2 fully saturated rings. The van der Waals surface area contributed by atoms with Crippen molar-refractivity contribution in [1.29, 1.82) is 0 Å². The number of piperidine rings is 1. The highest BCUT2D eigenvalue weighted by Crippen LogP contribution is 2.52. The topological polar surface area (TPSA) is 33.4 Å². The molecule has 20 heavy (non-hydrogen) atoms. The van der Waals surface area contributed by atoms with Gasteiger partial charge >= 0.3 is 0 Å². The number of fused-ring (bicyclic) bond motifs is 1. The molecule has 5 heteroatoms. The number of nitrogens with zero attached hydrogens (tertiary/aromatic N) is 4. The zero-order valence-electron chi connectivity index (χ0n) is 11.7.